The van der Waals surface area contributed by atoms with Gasteiger partial charge >= 0.3 is 6.18 Å². The summed E-state index contributed by atoms with van der Waals surface area (Å²) in [5.74, 6) is 0.359. The van der Waals surface area contributed by atoms with E-state index in [1.54, 1.807) is 12.2 Å². The first-order valence-electron chi connectivity index (χ1n) is 5.52. The molecular weight excluding hydrogens is 341 g/mol. The fraction of sp³-hybridized carbons (Fsp3) is 0.250. The average molecular weight is 351 g/mol. The van der Waals surface area contributed by atoms with Crippen molar-refractivity contribution < 1.29 is 17.9 Å². The summed E-state index contributed by atoms with van der Waals surface area (Å²) in [6.07, 6.45) is -0.0546. The van der Waals surface area contributed by atoms with Crippen molar-refractivity contribution in [3.8, 4) is 0 Å². The zero-order chi connectivity index (χ0) is 14.9. The third-order valence-corrected chi connectivity index (χ3v) is 3.29. The summed E-state index contributed by atoms with van der Waals surface area (Å²) in [5, 5.41) is 0. The SMILES string of the molecule is COC1=C(Br)C=CCN1c1c[nH]c(C(F)(F)F)cc1=O. The van der Waals surface area contributed by atoms with E-state index in [1.165, 1.54) is 12.0 Å². The smallest absolute Gasteiger partial charge is 0.431 e. The summed E-state index contributed by atoms with van der Waals surface area (Å²) < 4.78 is 43.3. The Labute approximate surface area is 120 Å². The molecule has 1 aliphatic rings. The predicted octanol–water partition coefficient (Wildman–Crippen LogP) is 2.98. The van der Waals surface area contributed by atoms with Crippen molar-refractivity contribution in [2.24, 2.45) is 0 Å². The molecule has 0 bridgehead atoms. The second-order valence-corrected chi connectivity index (χ2v) is 4.82. The lowest BCUT2D eigenvalue weighted by molar-refractivity contribution is -0.141. The zero-order valence-corrected chi connectivity index (χ0v) is 11.9. The summed E-state index contributed by atoms with van der Waals surface area (Å²) >= 11 is 3.26. The van der Waals surface area contributed by atoms with Gasteiger partial charge in [0.15, 0.2) is 0 Å². The summed E-state index contributed by atoms with van der Waals surface area (Å²) in [6.45, 7) is 0.326. The van der Waals surface area contributed by atoms with Gasteiger partial charge in [-0.3, -0.25) is 4.79 Å². The van der Waals surface area contributed by atoms with Crippen molar-refractivity contribution in [3.05, 3.63) is 50.7 Å². The number of H-pyrrole nitrogens is 1. The second kappa shape index (κ2) is 5.35. The van der Waals surface area contributed by atoms with Gasteiger partial charge in [-0.1, -0.05) is 6.08 Å². The molecule has 2 heterocycles. The molecule has 0 saturated carbocycles. The Kier molecular flexibility index (Phi) is 3.94. The molecule has 0 spiro atoms. The first-order valence-corrected chi connectivity index (χ1v) is 6.31. The van der Waals surface area contributed by atoms with Gasteiger partial charge in [0.25, 0.3) is 0 Å². The van der Waals surface area contributed by atoms with E-state index >= 15 is 0 Å². The van der Waals surface area contributed by atoms with Crippen LogP contribution >= 0.6 is 15.9 Å². The van der Waals surface area contributed by atoms with Crippen molar-refractivity contribution in [3.63, 3.8) is 0 Å². The molecule has 2 rings (SSSR count). The molecule has 0 aromatic carbocycles. The number of aromatic amines is 1. The molecule has 0 atom stereocenters. The predicted molar refractivity (Wildman–Crippen MR) is 71.5 cm³/mol. The highest BCUT2D eigenvalue weighted by atomic mass is 79.9. The average Bonchev–Trinajstić information content (AvgIpc) is 2.37. The summed E-state index contributed by atoms with van der Waals surface area (Å²) in [6, 6.07) is 0.537. The van der Waals surface area contributed by atoms with E-state index in [9.17, 15) is 18.0 Å². The first kappa shape index (κ1) is 14.7. The van der Waals surface area contributed by atoms with Crippen molar-refractivity contribution in [1.29, 1.82) is 0 Å². The van der Waals surface area contributed by atoms with Crippen LogP contribution in [0.3, 0.4) is 0 Å². The molecule has 0 unspecified atom stereocenters. The van der Waals surface area contributed by atoms with E-state index in [2.05, 4.69) is 20.9 Å². The number of rotatable bonds is 2. The Morgan fingerprint density at radius 1 is 1.45 bits per heavy atom. The molecular formula is C12H10BrF3N2O2. The van der Waals surface area contributed by atoms with Gasteiger partial charge in [-0.25, -0.2) is 0 Å². The van der Waals surface area contributed by atoms with Crippen LogP contribution in [0.2, 0.25) is 0 Å². The zero-order valence-electron chi connectivity index (χ0n) is 10.3. The number of hydrogen-bond donors (Lipinski definition) is 1. The molecule has 8 heteroatoms. The Bertz CT molecular complexity index is 634. The molecule has 1 aliphatic heterocycles. The lowest BCUT2D eigenvalue weighted by Crippen LogP contribution is -2.31. The normalized spacial score (nSPS) is 15.8. The highest BCUT2D eigenvalue weighted by molar-refractivity contribution is 9.11. The molecule has 0 aliphatic carbocycles. The number of nitrogens with zero attached hydrogens (tertiary/aromatic N) is 1. The van der Waals surface area contributed by atoms with Crippen LogP contribution < -0.4 is 10.3 Å². The molecule has 1 aromatic heterocycles. The molecule has 1 N–H and O–H groups in total. The van der Waals surface area contributed by atoms with Gasteiger partial charge in [-0.05, 0) is 22.0 Å². The Hall–Kier alpha value is -1.70. The van der Waals surface area contributed by atoms with E-state index in [4.69, 9.17) is 4.74 Å². The van der Waals surface area contributed by atoms with Gasteiger partial charge < -0.3 is 14.6 Å². The van der Waals surface area contributed by atoms with Crippen molar-refractivity contribution in [2.45, 2.75) is 6.18 Å². The number of anilines is 1. The van der Waals surface area contributed by atoms with E-state index in [0.29, 0.717) is 23.0 Å². The van der Waals surface area contributed by atoms with Gasteiger partial charge in [-0.15, -0.1) is 0 Å². The van der Waals surface area contributed by atoms with Crippen LogP contribution in [-0.4, -0.2) is 18.6 Å². The number of allylic oxidation sites excluding steroid dienone is 2. The van der Waals surface area contributed by atoms with Crippen LogP contribution in [0.4, 0.5) is 18.9 Å². The third-order valence-electron chi connectivity index (χ3n) is 2.68. The maximum atomic E-state index is 12.5. The van der Waals surface area contributed by atoms with Gasteiger partial charge in [0.1, 0.15) is 11.4 Å². The fourth-order valence-electron chi connectivity index (χ4n) is 1.80. The van der Waals surface area contributed by atoms with Gasteiger partial charge in [-0.2, -0.15) is 13.2 Å². The highest BCUT2D eigenvalue weighted by Gasteiger charge is 2.32. The molecule has 20 heavy (non-hydrogen) atoms. The Balaban J connectivity index is 2.45. The lowest BCUT2D eigenvalue weighted by Gasteiger charge is -2.27. The van der Waals surface area contributed by atoms with Gasteiger partial charge in [0.05, 0.1) is 11.6 Å². The number of alkyl halides is 3. The van der Waals surface area contributed by atoms with Crippen LogP contribution in [0.25, 0.3) is 0 Å². The van der Waals surface area contributed by atoms with Crippen molar-refractivity contribution in [2.75, 3.05) is 18.6 Å². The highest BCUT2D eigenvalue weighted by Crippen LogP contribution is 2.29. The van der Waals surface area contributed by atoms with Gasteiger partial charge in [0.2, 0.25) is 11.3 Å². The standard InChI is InChI=1S/C12H10BrF3N2O2/c1-20-11-7(13)3-2-4-18(11)8-6-17-10(5-9(8)19)12(14,15)16/h2-3,5-6H,4H2,1H3,(H,17,19). The number of halogens is 4. The van der Waals surface area contributed by atoms with Crippen LogP contribution in [0.1, 0.15) is 5.69 Å². The second-order valence-electron chi connectivity index (χ2n) is 3.96. The number of nitrogens with one attached hydrogen (secondary N) is 1. The topological polar surface area (TPSA) is 45.3 Å². The Morgan fingerprint density at radius 2 is 2.15 bits per heavy atom. The molecule has 0 radical (unpaired) electrons. The van der Waals surface area contributed by atoms with Crippen LogP contribution in [0, 0.1) is 0 Å². The molecule has 0 saturated heterocycles. The number of methoxy groups -OCH3 is 1. The van der Waals surface area contributed by atoms with E-state index in [0.717, 1.165) is 6.20 Å². The molecule has 0 fully saturated rings. The maximum absolute atomic E-state index is 12.5. The van der Waals surface area contributed by atoms with E-state index in [1.807, 2.05) is 0 Å². The maximum Gasteiger partial charge on any atom is 0.431 e. The van der Waals surface area contributed by atoms with E-state index < -0.39 is 17.3 Å². The molecule has 108 valence electrons. The number of pyridine rings is 1. The minimum atomic E-state index is -4.58. The van der Waals surface area contributed by atoms with Crippen molar-refractivity contribution >= 4 is 21.6 Å². The molecule has 1 aromatic rings. The summed E-state index contributed by atoms with van der Waals surface area (Å²) in [4.78, 5) is 15.4. The van der Waals surface area contributed by atoms with Crippen LogP contribution in [0.5, 0.6) is 0 Å². The quantitative estimate of drug-likeness (QED) is 0.891. The third kappa shape index (κ3) is 2.74. The Morgan fingerprint density at radius 3 is 2.70 bits per heavy atom. The van der Waals surface area contributed by atoms with Crippen molar-refractivity contribution in [1.82, 2.24) is 4.98 Å². The number of ether oxygens (including phenoxy) is 1. The minimum Gasteiger partial charge on any atom is -0.481 e. The first-order chi connectivity index (χ1) is 9.34. The molecule has 4 nitrogen and oxygen atoms in total. The van der Waals surface area contributed by atoms with Crippen LogP contribution in [-0.2, 0) is 10.9 Å². The molecule has 0 amide bonds. The largest absolute Gasteiger partial charge is 0.481 e. The summed E-state index contributed by atoms with van der Waals surface area (Å²) in [5.41, 5.74) is -1.74. The minimum absolute atomic E-state index is 0.0798. The van der Waals surface area contributed by atoms with Gasteiger partial charge in [0, 0.05) is 18.8 Å². The van der Waals surface area contributed by atoms with Crippen LogP contribution in [0.15, 0.2) is 39.6 Å². The monoisotopic (exact) mass is 350 g/mol. The lowest BCUT2D eigenvalue weighted by atomic mass is 10.2. The number of aromatic nitrogens is 1. The number of hydrogen-bond acceptors (Lipinski definition) is 3. The fourth-order valence-corrected chi connectivity index (χ4v) is 2.36. The summed E-state index contributed by atoms with van der Waals surface area (Å²) in [7, 11) is 1.42. The van der Waals surface area contributed by atoms with E-state index in [-0.39, 0.29) is 5.69 Å².